The topological polar surface area (TPSA) is 53.6 Å². The molecular weight excluding hydrogens is 410 g/mol. The van der Waals surface area contributed by atoms with Crippen LogP contribution in [0.15, 0.2) is 60.7 Å². The monoisotopic (exact) mass is 437 g/mol. The van der Waals surface area contributed by atoms with Gasteiger partial charge in [0.2, 0.25) is 5.91 Å². The molecule has 1 aliphatic heterocycles. The first-order valence-corrected chi connectivity index (χ1v) is 10.9. The fourth-order valence-electron chi connectivity index (χ4n) is 4.46. The number of halogens is 1. The second-order valence-corrected chi connectivity index (χ2v) is 8.41. The van der Waals surface area contributed by atoms with Crippen molar-refractivity contribution in [1.29, 1.82) is 0 Å². The normalized spacial score (nSPS) is 18.9. The van der Waals surface area contributed by atoms with E-state index < -0.39 is 0 Å². The van der Waals surface area contributed by atoms with E-state index in [0.29, 0.717) is 11.6 Å². The zero-order chi connectivity index (χ0) is 21.8. The molecule has 5 nitrogen and oxygen atoms in total. The predicted octanol–water partition coefficient (Wildman–Crippen LogP) is 3.98. The van der Waals surface area contributed by atoms with E-state index in [0.717, 1.165) is 36.2 Å². The highest BCUT2D eigenvalue weighted by Gasteiger charge is 2.36. The molecule has 1 heterocycles. The Kier molecular flexibility index (Phi) is 6.76. The van der Waals surface area contributed by atoms with Gasteiger partial charge in [-0.3, -0.25) is 9.69 Å². The van der Waals surface area contributed by atoms with Crippen molar-refractivity contribution in [1.82, 2.24) is 15.5 Å². The lowest BCUT2D eigenvalue weighted by molar-refractivity contribution is -0.125. The van der Waals surface area contributed by atoms with Crippen LogP contribution in [-0.4, -0.2) is 43.6 Å². The van der Waals surface area contributed by atoms with Gasteiger partial charge < -0.3 is 15.4 Å². The third-order valence-corrected chi connectivity index (χ3v) is 6.24. The number of ether oxygens (including phenoxy) is 1. The van der Waals surface area contributed by atoms with Crippen molar-refractivity contribution in [3.8, 4) is 5.75 Å². The Morgan fingerprint density at radius 2 is 1.94 bits per heavy atom. The molecule has 6 heteroatoms. The van der Waals surface area contributed by atoms with Gasteiger partial charge in [0.15, 0.2) is 0 Å². The number of hydrogen-bond donors (Lipinski definition) is 2. The first-order chi connectivity index (χ1) is 15.1. The Labute approximate surface area is 188 Å². The molecule has 0 saturated carbocycles. The van der Waals surface area contributed by atoms with Gasteiger partial charge in [0, 0.05) is 43.1 Å². The van der Waals surface area contributed by atoms with Crippen LogP contribution in [0.3, 0.4) is 0 Å². The Morgan fingerprint density at radius 1 is 1.13 bits per heavy atom. The number of nitrogens with one attached hydrogen (secondary N) is 2. The molecule has 1 aliphatic rings. The van der Waals surface area contributed by atoms with Crippen molar-refractivity contribution in [3.63, 3.8) is 0 Å². The van der Waals surface area contributed by atoms with Crippen LogP contribution in [0.1, 0.15) is 17.5 Å². The maximum atomic E-state index is 12.5. The van der Waals surface area contributed by atoms with E-state index in [2.05, 4.69) is 45.9 Å². The average molecular weight is 438 g/mol. The first kappa shape index (κ1) is 21.6. The van der Waals surface area contributed by atoms with Gasteiger partial charge in [-0.25, -0.2) is 0 Å². The summed E-state index contributed by atoms with van der Waals surface area (Å²) in [6.45, 7) is 2.24. The summed E-state index contributed by atoms with van der Waals surface area (Å²) in [5.74, 6) is 0.939. The van der Waals surface area contributed by atoms with Crippen LogP contribution < -0.4 is 15.4 Å². The van der Waals surface area contributed by atoms with E-state index in [1.165, 1.54) is 10.9 Å². The van der Waals surface area contributed by atoms with E-state index in [1.807, 2.05) is 30.3 Å². The number of hydrogen-bond acceptors (Lipinski definition) is 4. The number of likely N-dealkylation sites (tertiary alicyclic amines) is 1. The van der Waals surface area contributed by atoms with Gasteiger partial charge in [0.25, 0.3) is 0 Å². The van der Waals surface area contributed by atoms with Crippen molar-refractivity contribution in [2.24, 2.45) is 0 Å². The summed E-state index contributed by atoms with van der Waals surface area (Å²) in [5, 5.41) is 9.51. The second-order valence-electron chi connectivity index (χ2n) is 7.98. The number of methoxy groups -OCH3 is 1. The zero-order valence-corrected chi connectivity index (χ0v) is 18.7. The Hall–Kier alpha value is -2.60. The van der Waals surface area contributed by atoms with Gasteiger partial charge in [-0.1, -0.05) is 54.1 Å². The van der Waals surface area contributed by atoms with Gasteiger partial charge in [-0.15, -0.1) is 0 Å². The fraction of sp³-hybridized carbons (Fsp3) is 0.320. The van der Waals surface area contributed by atoms with Crippen LogP contribution in [0.25, 0.3) is 10.8 Å². The molecule has 0 aliphatic carbocycles. The van der Waals surface area contributed by atoms with Crippen molar-refractivity contribution >= 4 is 28.3 Å². The Morgan fingerprint density at radius 3 is 2.68 bits per heavy atom. The molecule has 0 spiro atoms. The van der Waals surface area contributed by atoms with Gasteiger partial charge in [-0.05, 0) is 41.1 Å². The average Bonchev–Trinajstić information content (AvgIpc) is 3.19. The fourth-order valence-corrected chi connectivity index (χ4v) is 4.67. The van der Waals surface area contributed by atoms with Crippen LogP contribution in [-0.2, 0) is 17.9 Å². The van der Waals surface area contributed by atoms with Gasteiger partial charge in [0.05, 0.1) is 13.2 Å². The molecule has 31 heavy (non-hydrogen) atoms. The summed E-state index contributed by atoms with van der Waals surface area (Å²) in [6, 6.07) is 20.3. The molecule has 2 N–H and O–H groups in total. The molecule has 1 amide bonds. The zero-order valence-electron chi connectivity index (χ0n) is 17.9. The summed E-state index contributed by atoms with van der Waals surface area (Å²) in [5.41, 5.74) is 2.34. The highest BCUT2D eigenvalue weighted by Crippen LogP contribution is 2.29. The maximum Gasteiger partial charge on any atom is 0.237 e. The smallest absolute Gasteiger partial charge is 0.237 e. The molecule has 1 saturated heterocycles. The highest BCUT2D eigenvalue weighted by atomic mass is 35.5. The number of benzene rings is 3. The molecule has 0 unspecified atom stereocenters. The number of rotatable bonds is 7. The number of nitrogens with zero attached hydrogens (tertiary/aromatic N) is 1. The quantitative estimate of drug-likeness (QED) is 0.587. The van der Waals surface area contributed by atoms with E-state index in [9.17, 15) is 4.79 Å². The molecule has 2 atom stereocenters. The lowest BCUT2D eigenvalue weighted by atomic mass is 10.0. The summed E-state index contributed by atoms with van der Waals surface area (Å²) < 4.78 is 5.51. The molecule has 0 bridgehead atoms. The molecule has 0 radical (unpaired) electrons. The number of amides is 1. The van der Waals surface area contributed by atoms with Crippen LogP contribution in [0, 0.1) is 0 Å². The lowest BCUT2D eigenvalue weighted by Gasteiger charge is -2.23. The molecule has 3 aromatic rings. The summed E-state index contributed by atoms with van der Waals surface area (Å²) >= 11 is 6.15. The summed E-state index contributed by atoms with van der Waals surface area (Å²) in [4.78, 5) is 14.8. The third-order valence-electron chi connectivity index (χ3n) is 6.00. The number of fused-ring (bicyclic) bond motifs is 1. The summed E-state index contributed by atoms with van der Waals surface area (Å²) in [7, 11) is 3.40. The van der Waals surface area contributed by atoms with E-state index in [4.69, 9.17) is 16.3 Å². The molecular formula is C25H28ClN3O2. The van der Waals surface area contributed by atoms with Gasteiger partial charge in [-0.2, -0.15) is 0 Å². The summed E-state index contributed by atoms with van der Waals surface area (Å²) in [6.07, 6.45) is 0.772. The molecule has 1 fully saturated rings. The van der Waals surface area contributed by atoms with Crippen LogP contribution in [0.5, 0.6) is 5.75 Å². The Balaban J connectivity index is 1.48. The van der Waals surface area contributed by atoms with Crippen LogP contribution in [0.4, 0.5) is 0 Å². The van der Waals surface area contributed by atoms with E-state index in [-0.39, 0.29) is 18.0 Å². The van der Waals surface area contributed by atoms with Crippen molar-refractivity contribution in [2.75, 3.05) is 20.7 Å². The first-order valence-electron chi connectivity index (χ1n) is 10.6. The minimum Gasteiger partial charge on any atom is -0.496 e. The van der Waals surface area contributed by atoms with Crippen molar-refractivity contribution in [3.05, 3.63) is 76.8 Å². The Bertz CT molecular complexity index is 1070. The molecule has 162 valence electrons. The van der Waals surface area contributed by atoms with E-state index in [1.54, 1.807) is 14.2 Å². The molecule has 0 aromatic heterocycles. The van der Waals surface area contributed by atoms with Gasteiger partial charge >= 0.3 is 0 Å². The number of carbonyl (C=O) groups excluding carboxylic acids is 1. The number of carbonyl (C=O) groups is 1. The van der Waals surface area contributed by atoms with Crippen molar-refractivity contribution in [2.45, 2.75) is 31.6 Å². The second kappa shape index (κ2) is 9.69. The maximum absolute atomic E-state index is 12.5. The van der Waals surface area contributed by atoms with E-state index >= 15 is 0 Å². The van der Waals surface area contributed by atoms with Crippen molar-refractivity contribution < 1.29 is 9.53 Å². The predicted molar refractivity (Wildman–Crippen MR) is 125 cm³/mol. The molecule has 3 aromatic carbocycles. The van der Waals surface area contributed by atoms with Gasteiger partial charge in [0.1, 0.15) is 5.75 Å². The SMILES string of the molecule is CNC(=O)[C@@H]1C[C@H](NCc2ccc(OC)c3ccccc23)CN1Cc1cccc(Cl)c1. The number of likely N-dealkylation sites (N-methyl/N-ethyl adjacent to an activating group) is 1. The minimum atomic E-state index is -0.158. The molecule has 4 rings (SSSR count). The minimum absolute atomic E-state index is 0.0567. The van der Waals surface area contributed by atoms with Crippen LogP contribution >= 0.6 is 11.6 Å². The van der Waals surface area contributed by atoms with Crippen LogP contribution in [0.2, 0.25) is 5.02 Å². The highest BCUT2D eigenvalue weighted by molar-refractivity contribution is 6.30. The lowest BCUT2D eigenvalue weighted by Crippen LogP contribution is -2.41. The largest absolute Gasteiger partial charge is 0.496 e. The standard InChI is InChI=1S/C25H28ClN3O2/c1-27-25(30)23-13-20(16-29(23)15-17-6-5-7-19(26)12-17)28-14-18-10-11-24(31-2)22-9-4-3-8-21(18)22/h3-12,20,23,28H,13-16H2,1-2H3,(H,27,30)/t20-,23-/m0/s1. The third kappa shape index (κ3) is 4.85.